The molecule has 2 aromatic carbocycles. The number of nitrogens with one attached hydrogen (secondary N) is 1. The summed E-state index contributed by atoms with van der Waals surface area (Å²) in [6.07, 6.45) is 2.54. The summed E-state index contributed by atoms with van der Waals surface area (Å²) in [5.41, 5.74) is 2.35. The smallest absolute Gasteiger partial charge is 0.257 e. The second-order valence-corrected chi connectivity index (χ2v) is 9.45. The van der Waals surface area contributed by atoms with Crippen LogP contribution in [0.3, 0.4) is 0 Å². The zero-order valence-corrected chi connectivity index (χ0v) is 20.5. The molecule has 1 fully saturated rings. The van der Waals surface area contributed by atoms with Crippen LogP contribution in [0, 0.1) is 0 Å². The van der Waals surface area contributed by atoms with E-state index in [1.165, 1.54) is 11.1 Å². The maximum Gasteiger partial charge on any atom is 0.257 e. The van der Waals surface area contributed by atoms with Gasteiger partial charge >= 0.3 is 0 Å². The van der Waals surface area contributed by atoms with Crippen LogP contribution in [0.4, 0.5) is 0 Å². The van der Waals surface area contributed by atoms with Gasteiger partial charge in [-0.3, -0.25) is 14.4 Å². The molecule has 188 valence electrons. The van der Waals surface area contributed by atoms with Gasteiger partial charge in [0.15, 0.2) is 12.2 Å². The van der Waals surface area contributed by atoms with Gasteiger partial charge in [-0.2, -0.15) is 0 Å². The number of allylic oxidation sites excluding steroid dienone is 1. The van der Waals surface area contributed by atoms with E-state index in [0.717, 1.165) is 23.1 Å². The predicted octanol–water partition coefficient (Wildman–Crippen LogP) is 2.85. The predicted molar refractivity (Wildman–Crippen MR) is 136 cm³/mol. The molecule has 9 heteroatoms. The minimum Gasteiger partial charge on any atom is -0.380 e. The number of dihydropyridines is 1. The van der Waals surface area contributed by atoms with Gasteiger partial charge in [0.1, 0.15) is 0 Å². The Morgan fingerprint density at radius 2 is 1.86 bits per heavy atom. The molecule has 0 saturated carbocycles. The van der Waals surface area contributed by atoms with E-state index < -0.39 is 36.0 Å². The summed E-state index contributed by atoms with van der Waals surface area (Å²) in [5.74, 6) is -2.25. The molecule has 0 bridgehead atoms. The highest BCUT2D eigenvalue weighted by atomic mass is 35.5. The van der Waals surface area contributed by atoms with Gasteiger partial charge in [0.05, 0.1) is 18.0 Å². The number of aliphatic hydroxyl groups is 2. The average molecular weight is 510 g/mol. The number of benzene rings is 2. The van der Waals surface area contributed by atoms with Crippen molar-refractivity contribution in [2.75, 3.05) is 6.54 Å². The first-order valence-corrected chi connectivity index (χ1v) is 12.2. The lowest BCUT2D eigenvalue weighted by Crippen LogP contribution is -2.50. The van der Waals surface area contributed by atoms with E-state index >= 15 is 0 Å². The minimum atomic E-state index is -1.93. The molecule has 2 aliphatic heterocycles. The SMILES string of the molecule is CC(NC(=O)[C@H](O)[C@@H](O)C(=O)N1CCC[C@@H]1c1cccc(Cl)c1)c1ccc(C2C=CC=NC2=O)cc1. The standard InChI is InChI=1S/C27H28ClN3O5/c1-16(17-9-11-18(12-10-17)21-7-3-13-29-25(21)34)30-26(35)23(32)24(33)27(36)31-14-4-8-22(31)19-5-2-6-20(28)15-19/h2-3,5-7,9-13,15-16,21-24,32-33H,4,8,14H2,1H3,(H,30,35)/t16?,21?,22-,23-,24-/m1/s1. The lowest BCUT2D eigenvalue weighted by molar-refractivity contribution is -0.154. The number of halogens is 1. The van der Waals surface area contributed by atoms with Gasteiger partial charge in [-0.25, -0.2) is 4.99 Å². The fourth-order valence-electron chi connectivity index (χ4n) is 4.61. The van der Waals surface area contributed by atoms with Crippen LogP contribution in [0.1, 0.15) is 54.5 Å². The van der Waals surface area contributed by atoms with Crippen molar-refractivity contribution in [2.24, 2.45) is 4.99 Å². The van der Waals surface area contributed by atoms with Crippen LogP contribution in [0.15, 0.2) is 65.7 Å². The van der Waals surface area contributed by atoms with E-state index in [4.69, 9.17) is 11.6 Å². The zero-order valence-electron chi connectivity index (χ0n) is 19.8. The van der Waals surface area contributed by atoms with Crippen molar-refractivity contribution in [1.82, 2.24) is 10.2 Å². The Bertz CT molecular complexity index is 1200. The monoisotopic (exact) mass is 509 g/mol. The average Bonchev–Trinajstić information content (AvgIpc) is 3.38. The molecule has 0 aliphatic carbocycles. The van der Waals surface area contributed by atoms with Crippen molar-refractivity contribution in [3.8, 4) is 0 Å². The minimum absolute atomic E-state index is 0.246. The third-order valence-corrected chi connectivity index (χ3v) is 6.84. The summed E-state index contributed by atoms with van der Waals surface area (Å²) in [4.78, 5) is 42.9. The van der Waals surface area contributed by atoms with Crippen LogP contribution in [0.2, 0.25) is 5.02 Å². The van der Waals surface area contributed by atoms with Gasteiger partial charge in [-0.05, 0) is 54.7 Å². The highest BCUT2D eigenvalue weighted by Gasteiger charge is 2.38. The summed E-state index contributed by atoms with van der Waals surface area (Å²) in [7, 11) is 0. The maximum atomic E-state index is 13.0. The van der Waals surface area contributed by atoms with Crippen LogP contribution in [0.25, 0.3) is 0 Å². The normalized spacial score (nSPS) is 21.8. The lowest BCUT2D eigenvalue weighted by atomic mass is 9.94. The molecular formula is C27H28ClN3O5. The molecule has 0 spiro atoms. The number of hydrogen-bond acceptors (Lipinski definition) is 5. The molecule has 36 heavy (non-hydrogen) atoms. The molecule has 3 N–H and O–H groups in total. The molecule has 0 radical (unpaired) electrons. The van der Waals surface area contributed by atoms with Crippen molar-refractivity contribution in [2.45, 2.75) is 50.0 Å². The van der Waals surface area contributed by atoms with Crippen molar-refractivity contribution in [1.29, 1.82) is 0 Å². The first-order chi connectivity index (χ1) is 17.3. The number of aliphatic hydroxyl groups excluding tert-OH is 2. The molecule has 2 heterocycles. The second-order valence-electron chi connectivity index (χ2n) is 9.01. The maximum absolute atomic E-state index is 13.0. The van der Waals surface area contributed by atoms with E-state index in [1.807, 2.05) is 6.07 Å². The molecule has 8 nitrogen and oxygen atoms in total. The van der Waals surface area contributed by atoms with Gasteiger partial charge in [0, 0.05) is 17.8 Å². The Morgan fingerprint density at radius 3 is 2.56 bits per heavy atom. The first kappa shape index (κ1) is 25.8. The van der Waals surface area contributed by atoms with E-state index in [9.17, 15) is 24.6 Å². The third kappa shape index (κ3) is 5.56. The molecule has 5 atom stereocenters. The van der Waals surface area contributed by atoms with Gasteiger partial charge < -0.3 is 20.4 Å². The summed E-state index contributed by atoms with van der Waals surface area (Å²) in [6.45, 7) is 2.13. The highest BCUT2D eigenvalue weighted by Crippen LogP contribution is 2.33. The molecule has 2 aromatic rings. The zero-order chi connectivity index (χ0) is 25.8. The summed E-state index contributed by atoms with van der Waals surface area (Å²) in [6, 6.07) is 13.5. The van der Waals surface area contributed by atoms with Crippen molar-refractivity contribution in [3.63, 3.8) is 0 Å². The molecule has 2 unspecified atom stereocenters. The van der Waals surface area contributed by atoms with Crippen LogP contribution in [0.5, 0.6) is 0 Å². The summed E-state index contributed by atoms with van der Waals surface area (Å²) >= 11 is 6.09. The van der Waals surface area contributed by atoms with Crippen LogP contribution in [-0.2, 0) is 14.4 Å². The van der Waals surface area contributed by atoms with Crippen molar-refractivity contribution < 1.29 is 24.6 Å². The third-order valence-electron chi connectivity index (χ3n) is 6.60. The Hall–Kier alpha value is -3.33. The number of carbonyl (C=O) groups is 3. The van der Waals surface area contributed by atoms with Crippen LogP contribution < -0.4 is 5.32 Å². The molecule has 3 amide bonds. The fraction of sp³-hybridized carbons (Fsp3) is 0.333. The van der Waals surface area contributed by atoms with Crippen molar-refractivity contribution >= 4 is 35.5 Å². The Labute approximate surface area is 214 Å². The van der Waals surface area contributed by atoms with E-state index in [2.05, 4.69) is 10.3 Å². The largest absolute Gasteiger partial charge is 0.380 e. The van der Waals surface area contributed by atoms with E-state index in [-0.39, 0.29) is 11.9 Å². The van der Waals surface area contributed by atoms with Crippen LogP contribution in [-0.4, -0.2) is 57.8 Å². The summed E-state index contributed by atoms with van der Waals surface area (Å²) in [5, 5.41) is 24.2. The molecular weight excluding hydrogens is 482 g/mol. The van der Waals surface area contributed by atoms with Crippen LogP contribution >= 0.6 is 11.6 Å². The molecule has 1 saturated heterocycles. The first-order valence-electron chi connectivity index (χ1n) is 11.8. The van der Waals surface area contributed by atoms with Crippen molar-refractivity contribution in [3.05, 3.63) is 82.4 Å². The molecule has 2 aliphatic rings. The van der Waals surface area contributed by atoms with Gasteiger partial charge in [-0.15, -0.1) is 0 Å². The van der Waals surface area contributed by atoms with E-state index in [0.29, 0.717) is 18.0 Å². The molecule has 4 rings (SSSR count). The number of amides is 3. The van der Waals surface area contributed by atoms with E-state index in [1.54, 1.807) is 61.5 Å². The van der Waals surface area contributed by atoms with Gasteiger partial charge in [0.25, 0.3) is 17.7 Å². The second kappa shape index (κ2) is 11.2. The Kier molecular flexibility index (Phi) is 7.98. The number of nitrogens with zero attached hydrogens (tertiary/aromatic N) is 2. The number of hydrogen-bond donors (Lipinski definition) is 3. The molecule has 0 aromatic heterocycles. The number of aliphatic imine (C=N–C) groups is 1. The Morgan fingerprint density at radius 1 is 1.11 bits per heavy atom. The lowest BCUT2D eigenvalue weighted by Gasteiger charge is -2.29. The number of carbonyl (C=O) groups excluding carboxylic acids is 3. The van der Waals surface area contributed by atoms with Gasteiger partial charge in [-0.1, -0.05) is 54.1 Å². The fourth-order valence-corrected chi connectivity index (χ4v) is 4.81. The topological polar surface area (TPSA) is 119 Å². The quantitative estimate of drug-likeness (QED) is 0.530. The number of rotatable bonds is 7. The number of likely N-dealkylation sites (tertiary alicyclic amines) is 1. The van der Waals surface area contributed by atoms with Gasteiger partial charge in [0.2, 0.25) is 0 Å². The highest BCUT2D eigenvalue weighted by molar-refractivity contribution is 6.30. The Balaban J connectivity index is 1.37. The summed E-state index contributed by atoms with van der Waals surface area (Å²) < 4.78 is 0.